The number of halogens is 3. The van der Waals surface area contributed by atoms with Gasteiger partial charge in [-0.05, 0) is 81.0 Å². The summed E-state index contributed by atoms with van der Waals surface area (Å²) in [4.78, 5) is 11.5. The van der Waals surface area contributed by atoms with Gasteiger partial charge in [0.25, 0.3) is 0 Å². The second-order valence-electron chi connectivity index (χ2n) is 7.43. The van der Waals surface area contributed by atoms with Crippen molar-refractivity contribution in [2.75, 3.05) is 0 Å². The Kier molecular flexibility index (Phi) is 5.92. The Labute approximate surface area is 168 Å². The first-order valence-electron chi connectivity index (χ1n) is 9.11. The minimum Gasteiger partial charge on any atom is -0.300 e. The lowest BCUT2D eigenvalue weighted by Gasteiger charge is -2.40. The molecule has 1 aliphatic carbocycles. The monoisotopic (exact) mass is 426 g/mol. The van der Waals surface area contributed by atoms with Crippen LogP contribution < -0.4 is 0 Å². The Morgan fingerprint density at radius 3 is 2.29 bits per heavy atom. The van der Waals surface area contributed by atoms with Gasteiger partial charge in [0.15, 0.2) is 9.84 Å². The Bertz CT molecular complexity index is 979. The first-order chi connectivity index (χ1) is 13.2. The fraction of sp³-hybridized carbons (Fsp3) is 0.381. The number of hydrogen-bond acceptors (Lipinski definition) is 3. The maximum absolute atomic E-state index is 14.7. The standard InChI is InChI=1S/C21H21ClF2O3S/c1-14(25)12-15-8-10-21(11-9-15,19-13-17(23)4-7-20(19)24)28(26,27)18-5-2-16(22)3-6-18/h2-7,13,15H,8-12H2,1H3/t15-,21+. The highest BCUT2D eigenvalue weighted by atomic mass is 35.5. The van der Waals surface area contributed by atoms with Crippen LogP contribution in [0.2, 0.25) is 5.02 Å². The zero-order valence-corrected chi connectivity index (χ0v) is 17.0. The van der Waals surface area contributed by atoms with Gasteiger partial charge < -0.3 is 4.79 Å². The van der Waals surface area contributed by atoms with Crippen LogP contribution >= 0.6 is 11.6 Å². The smallest absolute Gasteiger partial charge is 0.188 e. The highest BCUT2D eigenvalue weighted by Crippen LogP contribution is 2.49. The van der Waals surface area contributed by atoms with E-state index in [9.17, 15) is 22.0 Å². The van der Waals surface area contributed by atoms with Gasteiger partial charge in [0.1, 0.15) is 22.2 Å². The van der Waals surface area contributed by atoms with Gasteiger partial charge in [-0.1, -0.05) is 11.6 Å². The van der Waals surface area contributed by atoms with Crippen molar-refractivity contribution in [3.63, 3.8) is 0 Å². The minimum absolute atomic E-state index is 0.0191. The van der Waals surface area contributed by atoms with E-state index in [4.69, 9.17) is 11.6 Å². The van der Waals surface area contributed by atoms with E-state index in [0.29, 0.717) is 24.3 Å². The van der Waals surface area contributed by atoms with Gasteiger partial charge in [-0.2, -0.15) is 0 Å². The summed E-state index contributed by atoms with van der Waals surface area (Å²) in [6.45, 7) is 1.50. The summed E-state index contributed by atoms with van der Waals surface area (Å²) in [5.74, 6) is -1.35. The van der Waals surface area contributed by atoms with E-state index < -0.39 is 26.2 Å². The van der Waals surface area contributed by atoms with E-state index >= 15 is 0 Å². The van der Waals surface area contributed by atoms with Gasteiger partial charge in [0, 0.05) is 17.0 Å². The van der Waals surface area contributed by atoms with Crippen molar-refractivity contribution >= 4 is 27.2 Å². The fourth-order valence-electron chi connectivity index (χ4n) is 4.12. The lowest BCUT2D eigenvalue weighted by Crippen LogP contribution is -2.41. The summed E-state index contributed by atoms with van der Waals surface area (Å²) in [6, 6.07) is 8.62. The average Bonchev–Trinajstić information content (AvgIpc) is 2.64. The molecule has 0 unspecified atom stereocenters. The molecular formula is C21H21ClF2O3S. The second kappa shape index (κ2) is 7.91. The Hall–Kier alpha value is -1.79. The molecular weight excluding hydrogens is 406 g/mol. The van der Waals surface area contributed by atoms with Crippen LogP contribution in [0.4, 0.5) is 8.78 Å². The first kappa shape index (κ1) is 20.9. The van der Waals surface area contributed by atoms with E-state index in [-0.39, 0.29) is 35.0 Å². The van der Waals surface area contributed by atoms with E-state index in [1.54, 1.807) is 0 Å². The van der Waals surface area contributed by atoms with Crippen molar-refractivity contribution < 1.29 is 22.0 Å². The first-order valence-corrected chi connectivity index (χ1v) is 11.0. The number of ketones is 1. The second-order valence-corrected chi connectivity index (χ2v) is 10.1. The molecule has 3 rings (SSSR count). The lowest BCUT2D eigenvalue weighted by molar-refractivity contribution is -0.118. The predicted molar refractivity (Wildman–Crippen MR) is 104 cm³/mol. The number of carbonyl (C=O) groups is 1. The molecule has 1 saturated carbocycles. The molecule has 0 heterocycles. The van der Waals surface area contributed by atoms with Gasteiger partial charge in [-0.3, -0.25) is 0 Å². The molecule has 3 nitrogen and oxygen atoms in total. The molecule has 0 aliphatic heterocycles. The van der Waals surface area contributed by atoms with Gasteiger partial charge in [-0.25, -0.2) is 17.2 Å². The summed E-state index contributed by atoms with van der Waals surface area (Å²) in [6.07, 6.45) is 1.50. The van der Waals surface area contributed by atoms with Crippen LogP contribution in [0, 0.1) is 17.6 Å². The Morgan fingerprint density at radius 2 is 1.71 bits per heavy atom. The summed E-state index contributed by atoms with van der Waals surface area (Å²) < 4.78 is 54.3. The zero-order valence-electron chi connectivity index (χ0n) is 15.4. The van der Waals surface area contributed by atoms with Gasteiger partial charge in [0.05, 0.1) is 4.90 Å². The lowest BCUT2D eigenvalue weighted by atomic mass is 9.76. The van der Waals surface area contributed by atoms with Crippen LogP contribution in [0.1, 0.15) is 44.6 Å². The van der Waals surface area contributed by atoms with E-state index in [2.05, 4.69) is 0 Å². The van der Waals surface area contributed by atoms with E-state index in [1.807, 2.05) is 0 Å². The third-order valence-electron chi connectivity index (χ3n) is 5.55. The quantitative estimate of drug-likeness (QED) is 0.638. The van der Waals surface area contributed by atoms with Gasteiger partial charge >= 0.3 is 0 Å². The number of carbonyl (C=O) groups excluding carboxylic acids is 1. The Balaban J connectivity index is 2.12. The highest BCUT2D eigenvalue weighted by molar-refractivity contribution is 7.92. The molecule has 0 radical (unpaired) electrons. The molecule has 2 aromatic rings. The number of rotatable bonds is 5. The number of benzene rings is 2. The number of sulfone groups is 1. The summed E-state index contributed by atoms with van der Waals surface area (Å²) in [7, 11) is -4.03. The van der Waals surface area contributed by atoms with Crippen LogP contribution in [-0.2, 0) is 19.4 Å². The van der Waals surface area contributed by atoms with Crippen LogP contribution in [0.15, 0.2) is 47.4 Å². The van der Waals surface area contributed by atoms with E-state index in [1.165, 1.54) is 31.2 Å². The topological polar surface area (TPSA) is 51.2 Å². The fourth-order valence-corrected chi connectivity index (χ4v) is 6.41. The van der Waals surface area contributed by atoms with Crippen molar-refractivity contribution in [3.8, 4) is 0 Å². The summed E-state index contributed by atoms with van der Waals surface area (Å²) in [5, 5.41) is 0.384. The summed E-state index contributed by atoms with van der Waals surface area (Å²) >= 11 is 5.88. The molecule has 0 aromatic heterocycles. The van der Waals surface area contributed by atoms with E-state index in [0.717, 1.165) is 18.2 Å². The molecule has 7 heteroatoms. The molecule has 0 saturated heterocycles. The normalized spacial score (nSPS) is 22.8. The van der Waals surface area contributed by atoms with Crippen molar-refractivity contribution in [1.82, 2.24) is 0 Å². The molecule has 0 amide bonds. The Morgan fingerprint density at radius 1 is 1.11 bits per heavy atom. The van der Waals surface area contributed by atoms with Crippen molar-refractivity contribution in [3.05, 3.63) is 64.7 Å². The zero-order chi connectivity index (χ0) is 20.5. The SMILES string of the molecule is CC(=O)C[C@H]1CC[C@@](c2cc(F)ccc2F)(S(=O)(=O)c2ccc(Cl)cc2)CC1. The van der Waals surface area contributed by atoms with Crippen molar-refractivity contribution in [2.24, 2.45) is 5.92 Å². The average molecular weight is 427 g/mol. The van der Waals surface area contributed by atoms with Crippen LogP contribution in [0.5, 0.6) is 0 Å². The third-order valence-corrected chi connectivity index (χ3v) is 8.35. The highest BCUT2D eigenvalue weighted by Gasteiger charge is 2.50. The molecule has 0 atom stereocenters. The molecule has 28 heavy (non-hydrogen) atoms. The molecule has 0 spiro atoms. The third kappa shape index (κ3) is 3.85. The molecule has 0 bridgehead atoms. The van der Waals surface area contributed by atoms with Gasteiger partial charge in [0.2, 0.25) is 0 Å². The molecule has 2 aromatic carbocycles. The summed E-state index contributed by atoms with van der Waals surface area (Å²) in [5.41, 5.74) is -0.149. The maximum atomic E-state index is 14.7. The maximum Gasteiger partial charge on any atom is 0.188 e. The largest absolute Gasteiger partial charge is 0.300 e. The van der Waals surface area contributed by atoms with Crippen molar-refractivity contribution in [2.45, 2.75) is 48.7 Å². The predicted octanol–water partition coefficient (Wildman–Crippen LogP) is 5.46. The van der Waals surface area contributed by atoms with Crippen LogP contribution in [0.3, 0.4) is 0 Å². The number of hydrogen-bond donors (Lipinski definition) is 0. The molecule has 0 N–H and O–H groups in total. The number of Topliss-reactive ketones (excluding diaryl/α,β-unsaturated/α-hetero) is 1. The van der Waals surface area contributed by atoms with Crippen LogP contribution in [0.25, 0.3) is 0 Å². The molecule has 150 valence electrons. The van der Waals surface area contributed by atoms with Crippen LogP contribution in [-0.4, -0.2) is 14.2 Å². The molecule has 1 aliphatic rings. The van der Waals surface area contributed by atoms with Gasteiger partial charge in [-0.15, -0.1) is 0 Å². The van der Waals surface area contributed by atoms with Crippen molar-refractivity contribution in [1.29, 1.82) is 0 Å². The minimum atomic E-state index is -4.03. The molecule has 1 fully saturated rings.